The molecule has 1 fully saturated rings. The standard InChI is InChI=1S/C21H26N2O4S/c1-15-7-10-18(11-8-15)22-28(25,26)20-14-17(9-12-19(20)27-3)21(24)23-13-5-4-6-16(23)2/h7-12,14,16,22H,4-6,13H2,1-3H3/t16-/m0/s1. The average Bonchev–Trinajstić information content (AvgIpc) is 2.69. The van der Waals surface area contributed by atoms with Gasteiger partial charge in [-0.2, -0.15) is 0 Å². The minimum atomic E-state index is -3.91. The Kier molecular flexibility index (Phi) is 5.93. The summed E-state index contributed by atoms with van der Waals surface area (Å²) >= 11 is 0. The molecular formula is C21H26N2O4S. The zero-order valence-electron chi connectivity index (χ0n) is 16.4. The monoisotopic (exact) mass is 402 g/mol. The highest BCUT2D eigenvalue weighted by molar-refractivity contribution is 7.92. The topological polar surface area (TPSA) is 75.7 Å². The Labute approximate surface area is 166 Å². The highest BCUT2D eigenvalue weighted by Gasteiger charge is 2.27. The number of nitrogens with one attached hydrogen (secondary N) is 1. The summed E-state index contributed by atoms with van der Waals surface area (Å²) in [5.74, 6) is 0.0458. The summed E-state index contributed by atoms with van der Waals surface area (Å²) in [6.45, 7) is 4.64. The van der Waals surface area contributed by atoms with Gasteiger partial charge in [0, 0.05) is 23.8 Å². The lowest BCUT2D eigenvalue weighted by atomic mass is 10.0. The SMILES string of the molecule is COc1ccc(C(=O)N2CCCC[C@@H]2C)cc1S(=O)(=O)Nc1ccc(C)cc1. The van der Waals surface area contributed by atoms with Crippen molar-refractivity contribution in [2.24, 2.45) is 0 Å². The number of hydrogen-bond donors (Lipinski definition) is 1. The van der Waals surface area contributed by atoms with E-state index >= 15 is 0 Å². The summed E-state index contributed by atoms with van der Waals surface area (Å²) in [6.07, 6.45) is 3.03. The van der Waals surface area contributed by atoms with Crippen LogP contribution < -0.4 is 9.46 Å². The van der Waals surface area contributed by atoms with Gasteiger partial charge in [0.15, 0.2) is 0 Å². The largest absolute Gasteiger partial charge is 0.495 e. The van der Waals surface area contributed by atoms with Crippen LogP contribution in [0, 0.1) is 6.92 Å². The van der Waals surface area contributed by atoms with Crippen molar-refractivity contribution in [3.05, 3.63) is 53.6 Å². The van der Waals surface area contributed by atoms with Gasteiger partial charge in [0.05, 0.1) is 7.11 Å². The maximum atomic E-state index is 13.0. The van der Waals surface area contributed by atoms with E-state index in [0.29, 0.717) is 17.8 Å². The number of anilines is 1. The molecule has 0 radical (unpaired) electrons. The maximum Gasteiger partial charge on any atom is 0.265 e. The second kappa shape index (κ2) is 8.22. The molecular weight excluding hydrogens is 376 g/mol. The van der Waals surface area contributed by atoms with E-state index in [1.54, 1.807) is 18.2 Å². The van der Waals surface area contributed by atoms with E-state index in [2.05, 4.69) is 4.72 Å². The van der Waals surface area contributed by atoms with Crippen molar-refractivity contribution in [1.29, 1.82) is 0 Å². The molecule has 0 aromatic heterocycles. The van der Waals surface area contributed by atoms with Crippen LogP contribution in [0.15, 0.2) is 47.4 Å². The maximum absolute atomic E-state index is 13.0. The Morgan fingerprint density at radius 3 is 2.50 bits per heavy atom. The Balaban J connectivity index is 1.94. The summed E-state index contributed by atoms with van der Waals surface area (Å²) in [5, 5.41) is 0. The van der Waals surface area contributed by atoms with Crippen molar-refractivity contribution in [2.45, 2.75) is 44.0 Å². The molecule has 0 unspecified atom stereocenters. The lowest BCUT2D eigenvalue weighted by molar-refractivity contribution is 0.0635. The first-order chi connectivity index (χ1) is 13.3. The molecule has 0 aliphatic carbocycles. The molecule has 1 aliphatic heterocycles. The third kappa shape index (κ3) is 4.30. The molecule has 7 heteroatoms. The second-order valence-corrected chi connectivity index (χ2v) is 8.83. The second-order valence-electron chi connectivity index (χ2n) is 7.18. The minimum Gasteiger partial charge on any atom is -0.495 e. The van der Waals surface area contributed by atoms with Gasteiger partial charge in [-0.15, -0.1) is 0 Å². The summed E-state index contributed by atoms with van der Waals surface area (Å²) < 4.78 is 33.7. The fourth-order valence-electron chi connectivity index (χ4n) is 3.42. The lowest BCUT2D eigenvalue weighted by Crippen LogP contribution is -2.42. The van der Waals surface area contributed by atoms with E-state index in [-0.39, 0.29) is 22.6 Å². The molecule has 1 saturated heterocycles. The third-order valence-corrected chi connectivity index (χ3v) is 6.47. The van der Waals surface area contributed by atoms with Gasteiger partial charge in [0.25, 0.3) is 15.9 Å². The molecule has 6 nitrogen and oxygen atoms in total. The molecule has 0 saturated carbocycles. The van der Waals surface area contributed by atoms with E-state index in [0.717, 1.165) is 24.8 Å². The smallest absolute Gasteiger partial charge is 0.265 e. The number of carbonyl (C=O) groups is 1. The Hall–Kier alpha value is -2.54. The molecule has 2 aromatic carbocycles. The first-order valence-electron chi connectivity index (χ1n) is 9.40. The Morgan fingerprint density at radius 2 is 1.86 bits per heavy atom. The summed E-state index contributed by atoms with van der Waals surface area (Å²) in [6, 6.07) is 11.7. The van der Waals surface area contributed by atoms with Crippen LogP contribution in [0.5, 0.6) is 5.75 Å². The van der Waals surface area contributed by atoms with Crippen LogP contribution in [0.1, 0.15) is 42.1 Å². The van der Waals surface area contributed by atoms with Gasteiger partial charge in [0.2, 0.25) is 0 Å². The number of amides is 1. The zero-order chi connectivity index (χ0) is 20.3. The number of nitrogens with zero attached hydrogens (tertiary/aromatic N) is 1. The lowest BCUT2D eigenvalue weighted by Gasteiger charge is -2.33. The first kappa shape index (κ1) is 20.2. The Morgan fingerprint density at radius 1 is 1.14 bits per heavy atom. The number of piperidine rings is 1. The Bertz CT molecular complexity index is 955. The predicted molar refractivity (Wildman–Crippen MR) is 109 cm³/mol. The van der Waals surface area contributed by atoms with Crippen LogP contribution in [-0.4, -0.2) is 38.9 Å². The van der Waals surface area contributed by atoms with Gasteiger partial charge in [0.1, 0.15) is 10.6 Å². The minimum absolute atomic E-state index is 0.0499. The number of ether oxygens (including phenoxy) is 1. The van der Waals surface area contributed by atoms with E-state index in [4.69, 9.17) is 4.74 Å². The molecule has 0 spiro atoms. The normalized spacial score (nSPS) is 17.2. The van der Waals surface area contributed by atoms with Crippen LogP contribution in [-0.2, 0) is 10.0 Å². The van der Waals surface area contributed by atoms with Crippen molar-refractivity contribution in [3.63, 3.8) is 0 Å². The molecule has 1 atom stereocenters. The number of carbonyl (C=O) groups excluding carboxylic acids is 1. The highest BCUT2D eigenvalue weighted by Crippen LogP contribution is 2.28. The highest BCUT2D eigenvalue weighted by atomic mass is 32.2. The molecule has 0 bridgehead atoms. The van der Waals surface area contributed by atoms with Gasteiger partial charge < -0.3 is 9.64 Å². The van der Waals surface area contributed by atoms with Gasteiger partial charge in [-0.3, -0.25) is 9.52 Å². The molecule has 28 heavy (non-hydrogen) atoms. The number of sulfonamides is 1. The van der Waals surface area contributed by atoms with Crippen LogP contribution in [0.3, 0.4) is 0 Å². The molecule has 1 heterocycles. The van der Waals surface area contributed by atoms with Crippen molar-refractivity contribution < 1.29 is 17.9 Å². The quantitative estimate of drug-likeness (QED) is 0.825. The molecule has 3 rings (SSSR count). The molecule has 2 aromatic rings. The number of likely N-dealkylation sites (tertiary alicyclic amines) is 1. The van der Waals surface area contributed by atoms with E-state index < -0.39 is 10.0 Å². The summed E-state index contributed by atoms with van der Waals surface area (Å²) in [7, 11) is -2.50. The van der Waals surface area contributed by atoms with Gasteiger partial charge in [-0.1, -0.05) is 17.7 Å². The molecule has 1 aliphatic rings. The van der Waals surface area contributed by atoms with Crippen LogP contribution >= 0.6 is 0 Å². The number of hydrogen-bond acceptors (Lipinski definition) is 4. The molecule has 150 valence electrons. The van der Waals surface area contributed by atoms with Gasteiger partial charge in [-0.05, 0) is 63.4 Å². The van der Waals surface area contributed by atoms with Crippen LogP contribution in [0.2, 0.25) is 0 Å². The summed E-state index contributed by atoms with van der Waals surface area (Å²) in [4.78, 5) is 14.7. The van der Waals surface area contributed by atoms with Gasteiger partial charge >= 0.3 is 0 Å². The van der Waals surface area contributed by atoms with E-state index in [9.17, 15) is 13.2 Å². The third-order valence-electron chi connectivity index (χ3n) is 5.07. The van der Waals surface area contributed by atoms with Crippen molar-refractivity contribution in [3.8, 4) is 5.75 Å². The number of aryl methyl sites for hydroxylation is 1. The number of benzene rings is 2. The van der Waals surface area contributed by atoms with E-state index in [1.165, 1.54) is 19.2 Å². The summed E-state index contributed by atoms with van der Waals surface area (Å²) in [5.41, 5.74) is 1.83. The number of methoxy groups -OCH3 is 1. The van der Waals surface area contributed by atoms with Crippen molar-refractivity contribution in [2.75, 3.05) is 18.4 Å². The number of rotatable bonds is 5. The predicted octanol–water partition coefficient (Wildman–Crippen LogP) is 3.82. The molecule has 1 N–H and O–H groups in total. The first-order valence-corrected chi connectivity index (χ1v) is 10.9. The molecule has 1 amide bonds. The van der Waals surface area contributed by atoms with Crippen molar-refractivity contribution in [1.82, 2.24) is 4.90 Å². The fraction of sp³-hybridized carbons (Fsp3) is 0.381. The van der Waals surface area contributed by atoms with Crippen LogP contribution in [0.4, 0.5) is 5.69 Å². The van der Waals surface area contributed by atoms with Crippen molar-refractivity contribution >= 4 is 21.6 Å². The zero-order valence-corrected chi connectivity index (χ0v) is 17.3. The average molecular weight is 403 g/mol. The van der Waals surface area contributed by atoms with Crippen LogP contribution in [0.25, 0.3) is 0 Å². The van der Waals surface area contributed by atoms with Gasteiger partial charge in [-0.25, -0.2) is 8.42 Å². The fourth-order valence-corrected chi connectivity index (χ4v) is 4.67. The van der Waals surface area contributed by atoms with E-state index in [1.807, 2.05) is 30.9 Å².